The van der Waals surface area contributed by atoms with Gasteiger partial charge in [-0.1, -0.05) is 23.7 Å². The summed E-state index contributed by atoms with van der Waals surface area (Å²) in [6, 6.07) is 11.1. The molecule has 1 aliphatic heterocycles. The molecule has 0 saturated heterocycles. The van der Waals surface area contributed by atoms with Gasteiger partial charge in [-0.25, -0.2) is 0 Å². The molecule has 2 aromatic rings. The number of fused-ring (bicyclic) bond motifs is 1. The first-order chi connectivity index (χ1) is 13.9. The maximum absolute atomic E-state index is 12.8. The Morgan fingerprint density at radius 1 is 1.28 bits per heavy atom. The number of hydrogen-bond acceptors (Lipinski definition) is 5. The number of amides is 2. The summed E-state index contributed by atoms with van der Waals surface area (Å²) >= 11 is 5.95. The first-order valence-corrected chi connectivity index (χ1v) is 9.56. The van der Waals surface area contributed by atoms with Crippen molar-refractivity contribution < 1.29 is 19.2 Å². The van der Waals surface area contributed by atoms with E-state index in [0.717, 1.165) is 18.4 Å². The van der Waals surface area contributed by atoms with Crippen LogP contribution in [0.4, 0.5) is 11.4 Å². The number of non-ortho nitro benzene ring substituents is 1. The van der Waals surface area contributed by atoms with E-state index in [1.807, 2.05) is 12.1 Å². The number of nitrogens with zero attached hydrogens (tertiary/aromatic N) is 2. The molecule has 1 heterocycles. The van der Waals surface area contributed by atoms with E-state index in [2.05, 4.69) is 5.32 Å². The van der Waals surface area contributed by atoms with Crippen LogP contribution in [-0.2, 0) is 9.59 Å². The lowest BCUT2D eigenvalue weighted by Crippen LogP contribution is -2.46. The average molecular weight is 416 g/mol. The second kappa shape index (κ2) is 7.71. The summed E-state index contributed by atoms with van der Waals surface area (Å²) in [5.74, 6) is -0.0968. The highest BCUT2D eigenvalue weighted by Gasteiger charge is 2.35. The molecule has 1 fully saturated rings. The van der Waals surface area contributed by atoms with Gasteiger partial charge < -0.3 is 10.1 Å². The van der Waals surface area contributed by atoms with Gasteiger partial charge in [-0.05, 0) is 42.5 Å². The third kappa shape index (κ3) is 4.17. The van der Waals surface area contributed by atoms with Crippen LogP contribution < -0.4 is 15.0 Å². The molecule has 2 aliphatic rings. The molecular formula is C20H18ClN3O5. The predicted molar refractivity (Wildman–Crippen MR) is 106 cm³/mol. The van der Waals surface area contributed by atoms with Gasteiger partial charge in [0.2, 0.25) is 5.91 Å². The van der Waals surface area contributed by atoms with Crippen LogP contribution in [0.15, 0.2) is 42.5 Å². The fourth-order valence-corrected chi connectivity index (χ4v) is 3.54. The molecule has 1 unspecified atom stereocenters. The predicted octanol–water partition coefficient (Wildman–Crippen LogP) is 3.24. The number of ether oxygens (including phenoxy) is 1. The summed E-state index contributed by atoms with van der Waals surface area (Å²) in [6.45, 7) is -0.464. The number of rotatable bonds is 6. The van der Waals surface area contributed by atoms with Crippen molar-refractivity contribution in [1.29, 1.82) is 0 Å². The van der Waals surface area contributed by atoms with Gasteiger partial charge in [0.15, 0.2) is 6.61 Å². The monoisotopic (exact) mass is 415 g/mol. The Balaban J connectivity index is 1.53. The van der Waals surface area contributed by atoms with Gasteiger partial charge in [0.1, 0.15) is 12.3 Å². The van der Waals surface area contributed by atoms with E-state index in [0.29, 0.717) is 16.7 Å². The van der Waals surface area contributed by atoms with E-state index in [9.17, 15) is 19.7 Å². The maximum Gasteiger partial charge on any atom is 0.271 e. The van der Waals surface area contributed by atoms with E-state index in [1.165, 1.54) is 23.1 Å². The fourth-order valence-electron chi connectivity index (χ4n) is 3.41. The zero-order valence-corrected chi connectivity index (χ0v) is 16.1. The van der Waals surface area contributed by atoms with Crippen molar-refractivity contribution >= 4 is 34.8 Å². The van der Waals surface area contributed by atoms with Crippen LogP contribution in [-0.4, -0.2) is 29.9 Å². The van der Waals surface area contributed by atoms with Crippen molar-refractivity contribution in [2.45, 2.75) is 18.9 Å². The number of carbonyl (C=O) groups is 2. The maximum atomic E-state index is 12.8. The number of carbonyl (C=O) groups excluding carboxylic acids is 2. The Kier molecular flexibility index (Phi) is 5.10. The number of anilines is 1. The molecule has 1 N–H and O–H groups in total. The van der Waals surface area contributed by atoms with E-state index in [1.54, 1.807) is 12.1 Å². The van der Waals surface area contributed by atoms with Crippen LogP contribution in [0.1, 0.15) is 24.4 Å². The molecule has 29 heavy (non-hydrogen) atoms. The molecule has 150 valence electrons. The number of nitrogens with one attached hydrogen (secondary N) is 1. The van der Waals surface area contributed by atoms with E-state index < -0.39 is 10.8 Å². The van der Waals surface area contributed by atoms with Gasteiger partial charge in [0.25, 0.3) is 11.6 Å². The van der Waals surface area contributed by atoms with Crippen LogP contribution in [0.3, 0.4) is 0 Å². The molecular weight excluding hydrogens is 398 g/mol. The van der Waals surface area contributed by atoms with Crippen LogP contribution in [0.5, 0.6) is 5.75 Å². The Labute approximate surface area is 171 Å². The second-order valence-corrected chi connectivity index (χ2v) is 7.55. The first kappa shape index (κ1) is 19.2. The van der Waals surface area contributed by atoms with Gasteiger partial charge >= 0.3 is 0 Å². The van der Waals surface area contributed by atoms with Crippen molar-refractivity contribution in [2.24, 2.45) is 5.92 Å². The van der Waals surface area contributed by atoms with Crippen molar-refractivity contribution in [2.75, 3.05) is 18.1 Å². The van der Waals surface area contributed by atoms with Crippen LogP contribution in [0, 0.1) is 16.0 Å². The molecule has 2 aromatic carbocycles. The van der Waals surface area contributed by atoms with Crippen molar-refractivity contribution in [3.8, 4) is 5.75 Å². The van der Waals surface area contributed by atoms with E-state index in [-0.39, 0.29) is 36.5 Å². The number of nitro groups is 1. The Hall–Kier alpha value is -3.13. The lowest BCUT2D eigenvalue weighted by atomic mass is 10.0. The van der Waals surface area contributed by atoms with Crippen LogP contribution in [0.2, 0.25) is 5.02 Å². The summed E-state index contributed by atoms with van der Waals surface area (Å²) in [5, 5.41) is 14.7. The van der Waals surface area contributed by atoms with Crippen molar-refractivity contribution in [3.63, 3.8) is 0 Å². The number of halogens is 1. The molecule has 1 saturated carbocycles. The minimum atomic E-state index is -0.554. The number of hydrogen-bond donors (Lipinski definition) is 1. The third-order valence-electron chi connectivity index (χ3n) is 5.04. The minimum absolute atomic E-state index is 0.166. The smallest absolute Gasteiger partial charge is 0.271 e. The highest BCUT2D eigenvalue weighted by atomic mass is 35.5. The standard InChI is InChI=1S/C20H18ClN3O5/c21-14-5-3-13(4-6-14)20(12-1-2-12)22-18(25)10-23-16-9-15(24(27)28)7-8-17(16)29-11-19(23)26/h3-9,12,20H,1-2,10-11H2,(H,22,25). The number of nitro benzene ring substituents is 1. The van der Waals surface area contributed by atoms with E-state index in [4.69, 9.17) is 16.3 Å². The van der Waals surface area contributed by atoms with Gasteiger partial charge in [0.05, 0.1) is 16.7 Å². The molecule has 9 heteroatoms. The summed E-state index contributed by atoms with van der Waals surface area (Å²) in [7, 11) is 0. The highest BCUT2D eigenvalue weighted by Crippen LogP contribution is 2.41. The third-order valence-corrected chi connectivity index (χ3v) is 5.29. The van der Waals surface area contributed by atoms with Crippen molar-refractivity contribution in [1.82, 2.24) is 5.32 Å². The summed E-state index contributed by atoms with van der Waals surface area (Å²) in [5.41, 5.74) is 0.999. The average Bonchev–Trinajstić information content (AvgIpc) is 3.54. The first-order valence-electron chi connectivity index (χ1n) is 9.19. The van der Waals surface area contributed by atoms with Crippen LogP contribution in [0.25, 0.3) is 0 Å². The quantitative estimate of drug-likeness (QED) is 0.576. The molecule has 0 spiro atoms. The lowest BCUT2D eigenvalue weighted by Gasteiger charge is -2.29. The van der Waals surface area contributed by atoms with Gasteiger partial charge in [-0.3, -0.25) is 24.6 Å². The second-order valence-electron chi connectivity index (χ2n) is 7.11. The zero-order chi connectivity index (χ0) is 20.5. The molecule has 0 aromatic heterocycles. The number of benzene rings is 2. The summed E-state index contributed by atoms with van der Waals surface area (Å²) in [6.07, 6.45) is 2.03. The summed E-state index contributed by atoms with van der Waals surface area (Å²) < 4.78 is 5.33. The van der Waals surface area contributed by atoms with Crippen molar-refractivity contribution in [3.05, 3.63) is 63.2 Å². The normalized spacial score (nSPS) is 16.6. The molecule has 1 aliphatic carbocycles. The zero-order valence-electron chi connectivity index (χ0n) is 15.3. The van der Waals surface area contributed by atoms with Gasteiger partial charge in [-0.2, -0.15) is 0 Å². The van der Waals surface area contributed by atoms with Gasteiger partial charge in [-0.15, -0.1) is 0 Å². The molecule has 4 rings (SSSR count). The Morgan fingerprint density at radius 3 is 2.66 bits per heavy atom. The molecule has 8 nitrogen and oxygen atoms in total. The highest BCUT2D eigenvalue weighted by molar-refractivity contribution is 6.30. The molecule has 0 radical (unpaired) electrons. The lowest BCUT2D eigenvalue weighted by molar-refractivity contribution is -0.384. The Morgan fingerprint density at radius 2 is 2.00 bits per heavy atom. The molecule has 2 amide bonds. The van der Waals surface area contributed by atoms with Crippen LogP contribution >= 0.6 is 11.6 Å². The fraction of sp³-hybridized carbons (Fsp3) is 0.300. The topological polar surface area (TPSA) is 102 Å². The van der Waals surface area contributed by atoms with Gasteiger partial charge in [0, 0.05) is 17.2 Å². The molecule has 1 atom stereocenters. The largest absolute Gasteiger partial charge is 0.482 e. The SMILES string of the molecule is O=C(CN1C(=O)COc2ccc([N+](=O)[O-])cc21)NC(c1ccc(Cl)cc1)C1CC1. The summed E-state index contributed by atoms with van der Waals surface area (Å²) in [4.78, 5) is 36.9. The minimum Gasteiger partial charge on any atom is -0.482 e. The Bertz CT molecular complexity index is 975. The van der Waals surface area contributed by atoms with E-state index >= 15 is 0 Å². The molecule has 0 bridgehead atoms.